The van der Waals surface area contributed by atoms with E-state index in [1.807, 2.05) is 300 Å². The van der Waals surface area contributed by atoms with Crippen molar-refractivity contribution in [2.45, 2.75) is 236 Å². The zero-order valence-electron chi connectivity index (χ0n) is 67.8. The third-order valence-corrected chi connectivity index (χ3v) is 8.11. The average molecular weight is 1380 g/mol. The maximum absolute atomic E-state index is 3.98. The van der Waals surface area contributed by atoms with Gasteiger partial charge >= 0.3 is 0 Å². The first-order valence-electron chi connectivity index (χ1n) is 34.8. The summed E-state index contributed by atoms with van der Waals surface area (Å²) in [7, 11) is 0. The molecule has 100 heavy (non-hydrogen) atoms. The summed E-state index contributed by atoms with van der Waals surface area (Å²) in [6, 6.07) is 29.6. The minimum absolute atomic E-state index is 0. The molecule has 0 aliphatic heterocycles. The summed E-state index contributed by atoms with van der Waals surface area (Å²) in [4.78, 5) is 49.9. The summed E-state index contributed by atoms with van der Waals surface area (Å²) in [6.45, 7) is 65.4. The fourth-order valence-electron chi connectivity index (χ4n) is 4.34. The molecule has 1 aromatic carbocycles. The highest BCUT2D eigenvalue weighted by Crippen LogP contribution is 1.93. The summed E-state index contributed by atoms with van der Waals surface area (Å²) >= 11 is 0. The monoisotopic (exact) mass is 1380 g/mol. The standard InChI is InChI=1S/C7H8.3C6H7N.5C5H6N2.2C4H5N3.11C2H6.CH4/c1-7-5-3-2-4-6-7;1-6-2-4-7-5-3-6;1-6-3-2-4-7-5-6;1-6-4-2-3-5-7-6;1-5-2-6-4-7-3-5;2*1-5-4-6-2-3-7-5;1-5-2-3-6-4-7-5;1-5-3-2-4-6-7-5;1-4-2-5-3-6-7-4;1-4-5-2-3-6-7-4;11*1-2;/h2-6H,1H3;3*2-5H,1H3;5*2-4H,1H3;2*2-3H,1H3;11*1-2H3;1H4. The molecule has 11 rings (SSSR count). The lowest BCUT2D eigenvalue weighted by atomic mass is 10.2. The maximum Gasteiger partial charge on any atom is 0.147 e. The van der Waals surface area contributed by atoms with Crippen LogP contribution in [0.2, 0.25) is 0 Å². The Labute approximate surface area is 612 Å². The third-order valence-electron chi connectivity index (χ3n) is 8.11. The number of hydrogen-bond donors (Lipinski definition) is 0. The molecule has 19 nitrogen and oxygen atoms in total. The fraction of sp³-hybridized carbons (Fsp3) is 0.420. The number of nitrogens with zero attached hydrogens (tertiary/aromatic N) is 19. The highest BCUT2D eigenvalue weighted by Gasteiger charge is 1.81. The smallest absolute Gasteiger partial charge is 0.147 e. The Morgan fingerprint density at radius 3 is 0.780 bits per heavy atom. The van der Waals surface area contributed by atoms with Crippen LogP contribution in [0, 0.1) is 76.2 Å². The van der Waals surface area contributed by atoms with Gasteiger partial charge in [0.15, 0.2) is 0 Å². The molecular formula is C81H139N19. The van der Waals surface area contributed by atoms with Crippen molar-refractivity contribution >= 4 is 0 Å². The summed E-state index contributed by atoms with van der Waals surface area (Å²) in [5.74, 6) is 0.711. The van der Waals surface area contributed by atoms with Crippen molar-refractivity contribution in [2.75, 3.05) is 0 Å². The minimum atomic E-state index is 0. The van der Waals surface area contributed by atoms with Crippen LogP contribution in [0.1, 0.15) is 222 Å². The number of pyridine rings is 3. The maximum atomic E-state index is 3.98. The van der Waals surface area contributed by atoms with Gasteiger partial charge in [-0.1, -0.05) is 208 Å². The lowest BCUT2D eigenvalue weighted by molar-refractivity contribution is 0.907. The van der Waals surface area contributed by atoms with Crippen molar-refractivity contribution in [3.05, 3.63) is 284 Å². The molecule has 0 radical (unpaired) electrons. The van der Waals surface area contributed by atoms with Crippen molar-refractivity contribution < 1.29 is 0 Å². The van der Waals surface area contributed by atoms with E-state index in [1.165, 1.54) is 35.7 Å². The normalized spacial score (nSPS) is 7.37. The van der Waals surface area contributed by atoms with E-state index in [0.29, 0.717) is 5.82 Å². The summed E-state index contributed by atoms with van der Waals surface area (Å²) in [5, 5.41) is 21.7. The van der Waals surface area contributed by atoms with E-state index in [9.17, 15) is 0 Å². The highest BCUT2D eigenvalue weighted by atomic mass is 15.1. The minimum Gasteiger partial charge on any atom is -0.265 e. The molecule has 0 saturated carbocycles. The molecule has 0 saturated heterocycles. The van der Waals surface area contributed by atoms with Gasteiger partial charge in [-0.15, -0.1) is 10.2 Å². The van der Waals surface area contributed by atoms with Gasteiger partial charge in [0.25, 0.3) is 0 Å². The lowest BCUT2D eigenvalue weighted by Gasteiger charge is -1.82. The van der Waals surface area contributed by atoms with Crippen LogP contribution < -0.4 is 0 Å². The molecule has 19 heteroatoms. The van der Waals surface area contributed by atoms with Crippen molar-refractivity contribution in [2.24, 2.45) is 0 Å². The van der Waals surface area contributed by atoms with Gasteiger partial charge in [-0.25, -0.2) is 29.9 Å². The number of benzene rings is 1. The number of aromatic nitrogens is 19. The molecule has 0 amide bonds. The average Bonchev–Trinajstić information content (AvgIpc) is 3.83. The molecule has 0 N–H and O–H groups in total. The SMILES string of the molecule is C.CC.CC.CC.CC.CC.CC.CC.CC.CC.CC.CC.Cc1ccccc1.Cc1ccccn1.Cc1cccnc1.Cc1cccnn1.Cc1ccncc1.Cc1ccncn1.Cc1cnccn1.Cc1cnccn1.Cc1cncnc1.Cc1cncnn1.Cc1nccnn1. The molecule has 0 atom stereocenters. The molecule has 0 bridgehead atoms. The molecule has 11 aromatic rings. The van der Waals surface area contributed by atoms with Gasteiger partial charge in [0.1, 0.15) is 24.8 Å². The molecule has 0 fully saturated rings. The molecule has 10 aromatic heterocycles. The zero-order chi connectivity index (χ0) is 78.2. The molecule has 0 aliphatic carbocycles. The quantitative estimate of drug-likeness (QED) is 0.137. The van der Waals surface area contributed by atoms with Crippen LogP contribution in [0.3, 0.4) is 0 Å². The van der Waals surface area contributed by atoms with Crippen LogP contribution in [0.4, 0.5) is 0 Å². The topological polar surface area (TPSA) is 245 Å². The van der Waals surface area contributed by atoms with Gasteiger partial charge in [-0.2, -0.15) is 20.4 Å². The Kier molecular flexibility index (Phi) is 133. The second-order valence-corrected chi connectivity index (χ2v) is 15.4. The van der Waals surface area contributed by atoms with Crippen molar-refractivity contribution in [3.63, 3.8) is 0 Å². The fourth-order valence-corrected chi connectivity index (χ4v) is 4.34. The van der Waals surface area contributed by atoms with E-state index < -0.39 is 0 Å². The summed E-state index contributed by atoms with van der Waals surface area (Å²) < 4.78 is 0. The van der Waals surface area contributed by atoms with Crippen LogP contribution in [-0.2, 0) is 0 Å². The van der Waals surface area contributed by atoms with Crippen LogP contribution in [-0.4, -0.2) is 95.4 Å². The first-order valence-corrected chi connectivity index (χ1v) is 34.8. The van der Waals surface area contributed by atoms with E-state index in [0.717, 1.165) is 39.7 Å². The third kappa shape index (κ3) is 110. The number of aryl methyl sites for hydroxylation is 11. The second-order valence-electron chi connectivity index (χ2n) is 15.4. The predicted octanol–water partition coefficient (Wildman–Crippen LogP) is 22.4. The second kappa shape index (κ2) is 113. The zero-order valence-corrected chi connectivity index (χ0v) is 67.8. The van der Waals surface area contributed by atoms with Crippen molar-refractivity contribution in [1.82, 2.24) is 95.4 Å². The van der Waals surface area contributed by atoms with E-state index in [4.69, 9.17) is 0 Å². The highest BCUT2D eigenvalue weighted by molar-refractivity contribution is 5.12. The Hall–Kier alpha value is -9.91. The Balaban J connectivity index is -0.0000000827. The Morgan fingerprint density at radius 2 is 0.580 bits per heavy atom. The predicted molar refractivity (Wildman–Crippen MR) is 433 cm³/mol. The van der Waals surface area contributed by atoms with Gasteiger partial charge in [0.2, 0.25) is 0 Å². The van der Waals surface area contributed by atoms with Crippen LogP contribution in [0.15, 0.2) is 222 Å². The first-order chi connectivity index (χ1) is 48.3. The molecule has 0 aliphatic rings. The van der Waals surface area contributed by atoms with Gasteiger partial charge in [0.05, 0.1) is 35.2 Å². The Bertz CT molecular complexity index is 2210. The molecule has 558 valence electrons. The van der Waals surface area contributed by atoms with Gasteiger partial charge in [-0.3, -0.25) is 34.9 Å². The van der Waals surface area contributed by atoms with Crippen molar-refractivity contribution in [1.29, 1.82) is 0 Å². The van der Waals surface area contributed by atoms with Crippen LogP contribution >= 0.6 is 0 Å². The van der Waals surface area contributed by atoms with E-state index in [2.05, 4.69) is 114 Å². The molecular weight excluding hydrogens is 1240 g/mol. The number of rotatable bonds is 0. The lowest BCUT2D eigenvalue weighted by Crippen LogP contribution is -1.85. The van der Waals surface area contributed by atoms with Gasteiger partial charge < -0.3 is 0 Å². The number of hydrogen-bond acceptors (Lipinski definition) is 19. The largest absolute Gasteiger partial charge is 0.265 e. The van der Waals surface area contributed by atoms with Crippen LogP contribution in [0.5, 0.6) is 0 Å². The molecule has 0 unspecified atom stereocenters. The summed E-state index contributed by atoms with van der Waals surface area (Å²) in [5.41, 5.74) is 10.7. The van der Waals surface area contributed by atoms with E-state index >= 15 is 0 Å². The van der Waals surface area contributed by atoms with Gasteiger partial charge in [-0.05, 0) is 141 Å². The Morgan fingerprint density at radius 1 is 0.190 bits per heavy atom. The first kappa shape index (κ1) is 117. The van der Waals surface area contributed by atoms with Crippen molar-refractivity contribution in [3.8, 4) is 0 Å². The van der Waals surface area contributed by atoms with E-state index in [1.54, 1.807) is 112 Å². The van der Waals surface area contributed by atoms with Gasteiger partial charge in [0, 0.05) is 111 Å². The summed E-state index contributed by atoms with van der Waals surface area (Å²) in [6.07, 6.45) is 35.3. The van der Waals surface area contributed by atoms with E-state index in [-0.39, 0.29) is 7.43 Å². The molecule has 0 spiro atoms. The van der Waals surface area contributed by atoms with Crippen LogP contribution in [0.25, 0.3) is 0 Å². The molecule has 10 heterocycles.